The van der Waals surface area contributed by atoms with Gasteiger partial charge in [0.15, 0.2) is 0 Å². The quantitative estimate of drug-likeness (QED) is 0.861. The molecule has 3 heterocycles. The summed E-state index contributed by atoms with van der Waals surface area (Å²) in [6.45, 7) is 0.900. The fourth-order valence-corrected chi connectivity index (χ4v) is 2.92. The third kappa shape index (κ3) is 1.79. The molecule has 1 aliphatic rings. The monoisotopic (exact) mass is 234 g/mol. The van der Waals surface area contributed by atoms with Gasteiger partial charge < -0.3 is 9.67 Å². The molecular formula is C12H14N2OS. The zero-order valence-corrected chi connectivity index (χ0v) is 9.78. The number of fused-ring (bicyclic) bond motifs is 1. The van der Waals surface area contributed by atoms with E-state index in [2.05, 4.69) is 27.1 Å². The van der Waals surface area contributed by atoms with Crippen molar-refractivity contribution in [3.8, 4) is 0 Å². The fraction of sp³-hybridized carbons (Fsp3) is 0.417. The first-order valence-electron chi connectivity index (χ1n) is 5.56. The molecular weight excluding hydrogens is 220 g/mol. The van der Waals surface area contributed by atoms with Gasteiger partial charge in [-0.1, -0.05) is 6.07 Å². The lowest BCUT2D eigenvalue weighted by atomic mass is 10.1. The van der Waals surface area contributed by atoms with Crippen LogP contribution in [-0.2, 0) is 19.4 Å². The molecule has 3 rings (SSSR count). The SMILES string of the molecule is OC1CCn2c(cnc2Cc2cccs2)C1. The van der Waals surface area contributed by atoms with Crippen LogP contribution < -0.4 is 0 Å². The molecule has 3 nitrogen and oxygen atoms in total. The Labute approximate surface area is 98.4 Å². The standard InChI is InChI=1S/C12H14N2OS/c15-10-3-4-14-9(6-10)8-13-12(14)7-11-2-1-5-16-11/h1-2,5,8,10,15H,3-4,6-7H2. The van der Waals surface area contributed by atoms with Gasteiger partial charge in [-0.15, -0.1) is 11.3 Å². The molecule has 1 atom stereocenters. The lowest BCUT2D eigenvalue weighted by molar-refractivity contribution is 0.143. The Hall–Kier alpha value is -1.13. The second-order valence-corrected chi connectivity index (χ2v) is 5.25. The summed E-state index contributed by atoms with van der Waals surface area (Å²) in [5, 5.41) is 11.7. The van der Waals surface area contributed by atoms with Crippen LogP contribution in [0.25, 0.3) is 0 Å². The molecule has 1 unspecified atom stereocenters. The summed E-state index contributed by atoms with van der Waals surface area (Å²) in [7, 11) is 0. The maximum Gasteiger partial charge on any atom is 0.114 e. The molecule has 1 aliphatic heterocycles. The summed E-state index contributed by atoms with van der Waals surface area (Å²) in [5.74, 6) is 1.13. The van der Waals surface area contributed by atoms with Crippen LogP contribution in [0.2, 0.25) is 0 Å². The van der Waals surface area contributed by atoms with E-state index >= 15 is 0 Å². The number of thiophene rings is 1. The molecule has 0 spiro atoms. The van der Waals surface area contributed by atoms with Gasteiger partial charge in [-0.2, -0.15) is 0 Å². The number of aliphatic hydroxyl groups excluding tert-OH is 1. The van der Waals surface area contributed by atoms with Crippen LogP contribution in [0.5, 0.6) is 0 Å². The van der Waals surface area contributed by atoms with Crippen molar-refractivity contribution in [1.29, 1.82) is 0 Å². The van der Waals surface area contributed by atoms with Crippen LogP contribution in [0, 0.1) is 0 Å². The highest BCUT2D eigenvalue weighted by atomic mass is 32.1. The lowest BCUT2D eigenvalue weighted by Crippen LogP contribution is -2.23. The summed E-state index contributed by atoms with van der Waals surface area (Å²) in [4.78, 5) is 5.81. The Bertz CT molecular complexity index is 475. The second kappa shape index (κ2) is 4.03. The molecule has 0 aromatic carbocycles. The van der Waals surface area contributed by atoms with Gasteiger partial charge in [-0.3, -0.25) is 0 Å². The second-order valence-electron chi connectivity index (χ2n) is 4.22. The lowest BCUT2D eigenvalue weighted by Gasteiger charge is -2.20. The van der Waals surface area contributed by atoms with E-state index in [4.69, 9.17) is 0 Å². The van der Waals surface area contributed by atoms with E-state index in [0.717, 1.165) is 31.6 Å². The van der Waals surface area contributed by atoms with Crippen molar-refractivity contribution in [2.24, 2.45) is 0 Å². The first-order chi connectivity index (χ1) is 7.83. The highest BCUT2D eigenvalue weighted by Gasteiger charge is 2.19. The van der Waals surface area contributed by atoms with Crippen molar-refractivity contribution >= 4 is 11.3 Å². The number of rotatable bonds is 2. The molecule has 0 radical (unpaired) electrons. The van der Waals surface area contributed by atoms with Crippen molar-refractivity contribution in [3.05, 3.63) is 40.1 Å². The van der Waals surface area contributed by atoms with Crippen molar-refractivity contribution in [2.45, 2.75) is 31.9 Å². The molecule has 1 N–H and O–H groups in total. The normalized spacial score (nSPS) is 19.7. The maximum atomic E-state index is 9.58. The summed E-state index contributed by atoms with van der Waals surface area (Å²) in [6, 6.07) is 4.22. The number of imidazole rings is 1. The van der Waals surface area contributed by atoms with Gasteiger partial charge in [0, 0.05) is 36.2 Å². The van der Waals surface area contributed by atoms with E-state index in [0.29, 0.717) is 0 Å². The van der Waals surface area contributed by atoms with Crippen LogP contribution in [0.4, 0.5) is 0 Å². The summed E-state index contributed by atoms with van der Waals surface area (Å²) in [5.41, 5.74) is 1.17. The molecule has 0 aliphatic carbocycles. The van der Waals surface area contributed by atoms with Gasteiger partial charge in [0.25, 0.3) is 0 Å². The van der Waals surface area contributed by atoms with Crippen molar-refractivity contribution in [1.82, 2.24) is 9.55 Å². The Morgan fingerprint density at radius 1 is 1.56 bits per heavy atom. The van der Waals surface area contributed by atoms with Gasteiger partial charge >= 0.3 is 0 Å². The van der Waals surface area contributed by atoms with Gasteiger partial charge in [-0.05, 0) is 17.9 Å². The average Bonchev–Trinajstić information content (AvgIpc) is 2.89. The minimum Gasteiger partial charge on any atom is -0.393 e. The summed E-state index contributed by atoms with van der Waals surface area (Å²) < 4.78 is 2.26. The molecule has 2 aromatic rings. The van der Waals surface area contributed by atoms with Crippen LogP contribution in [0.1, 0.15) is 22.8 Å². The topological polar surface area (TPSA) is 38.0 Å². The third-order valence-corrected chi connectivity index (χ3v) is 3.94. The number of nitrogens with zero attached hydrogens (tertiary/aromatic N) is 2. The predicted octanol–water partition coefficient (Wildman–Crippen LogP) is 1.84. The molecule has 0 bridgehead atoms. The van der Waals surface area contributed by atoms with Crippen LogP contribution in [-0.4, -0.2) is 20.8 Å². The van der Waals surface area contributed by atoms with Gasteiger partial charge in [0.05, 0.1) is 6.10 Å². The minimum atomic E-state index is -0.182. The van der Waals surface area contributed by atoms with Crippen molar-refractivity contribution in [2.75, 3.05) is 0 Å². The molecule has 0 saturated heterocycles. The predicted molar refractivity (Wildman–Crippen MR) is 63.7 cm³/mol. The zero-order chi connectivity index (χ0) is 11.0. The van der Waals surface area contributed by atoms with E-state index in [1.807, 2.05) is 6.20 Å². The average molecular weight is 234 g/mol. The molecule has 84 valence electrons. The third-order valence-electron chi connectivity index (χ3n) is 3.06. The van der Waals surface area contributed by atoms with Crippen LogP contribution in [0.3, 0.4) is 0 Å². The van der Waals surface area contributed by atoms with Gasteiger partial charge in [0.2, 0.25) is 0 Å². The summed E-state index contributed by atoms with van der Waals surface area (Å²) in [6.07, 6.45) is 4.23. The Morgan fingerprint density at radius 3 is 3.31 bits per heavy atom. The minimum absolute atomic E-state index is 0.182. The van der Waals surface area contributed by atoms with Crippen molar-refractivity contribution < 1.29 is 5.11 Å². The molecule has 0 saturated carbocycles. The van der Waals surface area contributed by atoms with E-state index in [9.17, 15) is 5.11 Å². The van der Waals surface area contributed by atoms with Crippen LogP contribution in [0.15, 0.2) is 23.7 Å². The maximum absolute atomic E-state index is 9.58. The first kappa shape index (κ1) is 10.1. The highest BCUT2D eigenvalue weighted by molar-refractivity contribution is 7.09. The van der Waals surface area contributed by atoms with Gasteiger partial charge in [-0.25, -0.2) is 4.98 Å². The van der Waals surface area contributed by atoms with E-state index in [1.54, 1.807) is 11.3 Å². The zero-order valence-electron chi connectivity index (χ0n) is 8.97. The van der Waals surface area contributed by atoms with Crippen LogP contribution >= 0.6 is 11.3 Å². The van der Waals surface area contributed by atoms with Crippen molar-refractivity contribution in [3.63, 3.8) is 0 Å². The molecule has 0 fully saturated rings. The number of aliphatic hydroxyl groups is 1. The number of hydrogen-bond acceptors (Lipinski definition) is 3. The number of aromatic nitrogens is 2. The first-order valence-corrected chi connectivity index (χ1v) is 6.44. The largest absolute Gasteiger partial charge is 0.393 e. The van der Waals surface area contributed by atoms with Gasteiger partial charge in [0.1, 0.15) is 5.82 Å². The summed E-state index contributed by atoms with van der Waals surface area (Å²) >= 11 is 1.77. The Balaban J connectivity index is 1.86. The highest BCUT2D eigenvalue weighted by Crippen LogP contribution is 2.20. The molecule has 4 heteroatoms. The fourth-order valence-electron chi connectivity index (χ4n) is 2.22. The van der Waals surface area contributed by atoms with E-state index in [-0.39, 0.29) is 6.10 Å². The number of hydrogen-bond donors (Lipinski definition) is 1. The molecule has 16 heavy (non-hydrogen) atoms. The Kier molecular flexibility index (Phi) is 2.53. The molecule has 2 aromatic heterocycles. The molecule has 0 amide bonds. The Morgan fingerprint density at radius 2 is 2.50 bits per heavy atom. The van der Waals surface area contributed by atoms with E-state index < -0.39 is 0 Å². The van der Waals surface area contributed by atoms with E-state index in [1.165, 1.54) is 10.6 Å². The smallest absolute Gasteiger partial charge is 0.114 e.